The molecule has 0 radical (unpaired) electrons. The second-order valence-electron chi connectivity index (χ2n) is 2.48. The third-order valence-electron chi connectivity index (χ3n) is 1.48. The topological polar surface area (TPSA) is 52.6 Å². The Morgan fingerprint density at radius 2 is 1.79 bits per heavy atom. The van der Waals surface area contributed by atoms with Crippen LogP contribution in [0, 0.1) is 0 Å². The molecule has 80 valence electrons. The molecule has 0 saturated carbocycles. The Kier molecular flexibility index (Phi) is 6.45. The molecule has 0 aliphatic rings. The molecule has 0 bridgehead atoms. The standard InChI is InChI=1S/C10H16O4/c1-4-9(11)8(7-13-5-2)10(12)14-6-3/h7H,4-6H2,1-3H3/b8-7+. The van der Waals surface area contributed by atoms with E-state index in [-0.39, 0.29) is 24.4 Å². The van der Waals surface area contributed by atoms with Crippen LogP contribution in [-0.2, 0) is 19.1 Å². The molecule has 0 heterocycles. The van der Waals surface area contributed by atoms with Gasteiger partial charge in [0.1, 0.15) is 11.8 Å². The van der Waals surface area contributed by atoms with Crippen molar-refractivity contribution < 1.29 is 19.1 Å². The molecule has 0 aliphatic heterocycles. The van der Waals surface area contributed by atoms with Crippen molar-refractivity contribution in [2.45, 2.75) is 27.2 Å². The van der Waals surface area contributed by atoms with E-state index in [4.69, 9.17) is 9.47 Å². The number of carbonyl (C=O) groups excluding carboxylic acids is 2. The van der Waals surface area contributed by atoms with Crippen LogP contribution in [-0.4, -0.2) is 25.0 Å². The van der Waals surface area contributed by atoms with Crippen LogP contribution in [0.2, 0.25) is 0 Å². The van der Waals surface area contributed by atoms with Gasteiger partial charge in [0.2, 0.25) is 0 Å². The highest BCUT2D eigenvalue weighted by Gasteiger charge is 2.18. The molecule has 0 unspecified atom stereocenters. The van der Waals surface area contributed by atoms with Gasteiger partial charge in [-0.25, -0.2) is 4.79 Å². The van der Waals surface area contributed by atoms with Crippen LogP contribution in [0.3, 0.4) is 0 Å². The maximum Gasteiger partial charge on any atom is 0.344 e. The van der Waals surface area contributed by atoms with Crippen molar-refractivity contribution in [3.63, 3.8) is 0 Å². The first kappa shape index (κ1) is 12.7. The molecule has 0 aromatic carbocycles. The van der Waals surface area contributed by atoms with E-state index in [2.05, 4.69) is 0 Å². The summed E-state index contributed by atoms with van der Waals surface area (Å²) in [4.78, 5) is 22.5. The number of ketones is 1. The number of rotatable bonds is 6. The minimum atomic E-state index is -0.618. The Morgan fingerprint density at radius 1 is 1.14 bits per heavy atom. The number of hydrogen-bond donors (Lipinski definition) is 0. The van der Waals surface area contributed by atoms with Gasteiger partial charge in [-0.05, 0) is 13.8 Å². The van der Waals surface area contributed by atoms with Crippen LogP contribution in [0.1, 0.15) is 27.2 Å². The van der Waals surface area contributed by atoms with Gasteiger partial charge >= 0.3 is 5.97 Å². The number of ether oxygens (including phenoxy) is 2. The molecule has 0 rings (SSSR count). The van der Waals surface area contributed by atoms with Crippen molar-refractivity contribution in [3.8, 4) is 0 Å². The first-order valence-electron chi connectivity index (χ1n) is 4.69. The van der Waals surface area contributed by atoms with E-state index in [1.807, 2.05) is 0 Å². The molecule has 14 heavy (non-hydrogen) atoms. The van der Waals surface area contributed by atoms with Crippen molar-refractivity contribution >= 4 is 11.8 Å². The summed E-state index contributed by atoms with van der Waals surface area (Å²) in [6, 6.07) is 0. The van der Waals surface area contributed by atoms with Gasteiger partial charge < -0.3 is 9.47 Å². The predicted octanol–water partition coefficient (Wildman–Crippen LogP) is 1.45. The first-order chi connectivity index (χ1) is 6.67. The highest BCUT2D eigenvalue weighted by Crippen LogP contribution is 2.03. The molecule has 0 aromatic rings. The van der Waals surface area contributed by atoms with Crippen molar-refractivity contribution in [3.05, 3.63) is 11.8 Å². The largest absolute Gasteiger partial charge is 0.500 e. The third kappa shape index (κ3) is 4.07. The van der Waals surface area contributed by atoms with Crippen molar-refractivity contribution in [1.82, 2.24) is 0 Å². The summed E-state index contributed by atoms with van der Waals surface area (Å²) in [5.74, 6) is -0.885. The van der Waals surface area contributed by atoms with E-state index in [1.54, 1.807) is 20.8 Å². The molecule has 0 aliphatic carbocycles. The highest BCUT2D eigenvalue weighted by atomic mass is 16.5. The van der Waals surface area contributed by atoms with Gasteiger partial charge in [0, 0.05) is 6.42 Å². The summed E-state index contributed by atoms with van der Waals surface area (Å²) >= 11 is 0. The van der Waals surface area contributed by atoms with Crippen LogP contribution >= 0.6 is 0 Å². The first-order valence-corrected chi connectivity index (χ1v) is 4.69. The average Bonchev–Trinajstić information content (AvgIpc) is 2.18. The van der Waals surface area contributed by atoms with Crippen molar-refractivity contribution in [2.75, 3.05) is 13.2 Å². The van der Waals surface area contributed by atoms with Crippen LogP contribution in [0.4, 0.5) is 0 Å². The Hall–Kier alpha value is -1.32. The van der Waals surface area contributed by atoms with Gasteiger partial charge in [-0.1, -0.05) is 6.92 Å². The molecule has 4 nitrogen and oxygen atoms in total. The zero-order valence-corrected chi connectivity index (χ0v) is 8.83. The molecule has 4 heteroatoms. The average molecular weight is 200 g/mol. The lowest BCUT2D eigenvalue weighted by atomic mass is 10.1. The van der Waals surface area contributed by atoms with Gasteiger partial charge in [0.05, 0.1) is 13.2 Å². The zero-order valence-electron chi connectivity index (χ0n) is 8.83. The zero-order chi connectivity index (χ0) is 11.0. The second-order valence-corrected chi connectivity index (χ2v) is 2.48. The number of hydrogen-bond acceptors (Lipinski definition) is 4. The monoisotopic (exact) mass is 200 g/mol. The van der Waals surface area contributed by atoms with Gasteiger partial charge in [0.15, 0.2) is 5.78 Å². The van der Waals surface area contributed by atoms with Crippen LogP contribution < -0.4 is 0 Å². The molecule has 0 atom stereocenters. The number of carbonyl (C=O) groups is 2. The summed E-state index contributed by atoms with van der Waals surface area (Å²) in [7, 11) is 0. The molecule has 0 aromatic heterocycles. The van der Waals surface area contributed by atoms with E-state index in [0.717, 1.165) is 0 Å². The normalized spacial score (nSPS) is 10.9. The van der Waals surface area contributed by atoms with Crippen molar-refractivity contribution in [1.29, 1.82) is 0 Å². The fraction of sp³-hybridized carbons (Fsp3) is 0.600. The minimum Gasteiger partial charge on any atom is -0.500 e. The number of esters is 1. The molecular formula is C10H16O4. The maximum atomic E-state index is 11.3. The molecule has 0 saturated heterocycles. The summed E-state index contributed by atoms with van der Waals surface area (Å²) in [6.45, 7) is 5.81. The van der Waals surface area contributed by atoms with E-state index in [9.17, 15) is 9.59 Å². The molecule has 0 N–H and O–H groups in total. The summed E-state index contributed by atoms with van der Waals surface area (Å²) in [6.07, 6.45) is 1.43. The fourth-order valence-electron chi connectivity index (χ4n) is 0.794. The smallest absolute Gasteiger partial charge is 0.344 e. The van der Waals surface area contributed by atoms with Gasteiger partial charge in [-0.2, -0.15) is 0 Å². The van der Waals surface area contributed by atoms with Gasteiger partial charge in [-0.3, -0.25) is 4.79 Å². The lowest BCUT2D eigenvalue weighted by Crippen LogP contribution is -2.15. The fourth-order valence-corrected chi connectivity index (χ4v) is 0.794. The van der Waals surface area contributed by atoms with E-state index >= 15 is 0 Å². The Morgan fingerprint density at radius 3 is 2.21 bits per heavy atom. The van der Waals surface area contributed by atoms with Crippen LogP contribution in [0.25, 0.3) is 0 Å². The quantitative estimate of drug-likeness (QED) is 0.214. The minimum absolute atomic E-state index is 0.0174. The molecule has 0 spiro atoms. The van der Waals surface area contributed by atoms with E-state index < -0.39 is 5.97 Å². The highest BCUT2D eigenvalue weighted by molar-refractivity contribution is 6.16. The SMILES string of the molecule is CCO/C=C(\C(=O)CC)C(=O)OCC. The van der Waals surface area contributed by atoms with E-state index in [0.29, 0.717) is 6.61 Å². The number of Topliss-reactive ketones (excluding diaryl/α,β-unsaturated/α-hetero) is 1. The van der Waals surface area contributed by atoms with Crippen LogP contribution in [0.15, 0.2) is 11.8 Å². The Bertz CT molecular complexity index is 230. The molecular weight excluding hydrogens is 184 g/mol. The molecule has 0 amide bonds. The summed E-state index contributed by atoms with van der Waals surface area (Å²) < 4.78 is 9.62. The van der Waals surface area contributed by atoms with Crippen LogP contribution in [0.5, 0.6) is 0 Å². The summed E-state index contributed by atoms with van der Waals surface area (Å²) in [5, 5.41) is 0. The third-order valence-corrected chi connectivity index (χ3v) is 1.48. The Balaban J connectivity index is 4.54. The maximum absolute atomic E-state index is 11.3. The lowest BCUT2D eigenvalue weighted by molar-refractivity contribution is -0.140. The van der Waals surface area contributed by atoms with E-state index in [1.165, 1.54) is 6.26 Å². The van der Waals surface area contributed by atoms with Gasteiger partial charge in [-0.15, -0.1) is 0 Å². The summed E-state index contributed by atoms with van der Waals surface area (Å²) in [5.41, 5.74) is -0.0174. The molecule has 0 fully saturated rings. The van der Waals surface area contributed by atoms with Crippen molar-refractivity contribution in [2.24, 2.45) is 0 Å². The lowest BCUT2D eigenvalue weighted by Gasteiger charge is -2.04. The second kappa shape index (κ2) is 7.12. The Labute approximate surface area is 83.9 Å². The van der Waals surface area contributed by atoms with Gasteiger partial charge in [0.25, 0.3) is 0 Å². The predicted molar refractivity (Wildman–Crippen MR) is 51.6 cm³/mol.